The predicted octanol–water partition coefficient (Wildman–Crippen LogP) is 2.73. The van der Waals surface area contributed by atoms with Gasteiger partial charge < -0.3 is 21.3 Å². The van der Waals surface area contributed by atoms with Crippen molar-refractivity contribution in [3.05, 3.63) is 0 Å². The van der Waals surface area contributed by atoms with Crippen LogP contribution in [0.15, 0.2) is 0 Å². The molecule has 1 heterocycles. The van der Waals surface area contributed by atoms with E-state index in [9.17, 15) is 9.59 Å². The van der Waals surface area contributed by atoms with Crippen molar-refractivity contribution in [1.82, 2.24) is 21.3 Å². The molecule has 28 heavy (non-hydrogen) atoms. The first-order valence-corrected chi connectivity index (χ1v) is 11.7. The van der Waals surface area contributed by atoms with E-state index in [-0.39, 0.29) is 11.8 Å². The third-order valence-electron chi connectivity index (χ3n) is 5.39. The lowest BCUT2D eigenvalue weighted by Gasteiger charge is -2.18. The lowest BCUT2D eigenvalue weighted by Crippen LogP contribution is -2.45. The van der Waals surface area contributed by atoms with Gasteiger partial charge in [0.25, 0.3) is 0 Å². The minimum absolute atomic E-state index is 0.125. The Labute approximate surface area is 172 Å². The quantitative estimate of drug-likeness (QED) is 0.320. The van der Waals surface area contributed by atoms with Crippen molar-refractivity contribution >= 4 is 11.8 Å². The predicted molar refractivity (Wildman–Crippen MR) is 116 cm³/mol. The van der Waals surface area contributed by atoms with Gasteiger partial charge in [0.1, 0.15) is 5.92 Å². The van der Waals surface area contributed by atoms with Crippen LogP contribution in [0.4, 0.5) is 0 Å². The van der Waals surface area contributed by atoms with Gasteiger partial charge in [0, 0.05) is 26.2 Å². The first-order valence-electron chi connectivity index (χ1n) is 11.7. The molecule has 0 spiro atoms. The molecule has 0 saturated carbocycles. The number of amides is 2. The fourth-order valence-electron chi connectivity index (χ4n) is 3.60. The third kappa shape index (κ3) is 13.1. The van der Waals surface area contributed by atoms with Crippen LogP contribution < -0.4 is 21.3 Å². The number of hydrogen-bond acceptors (Lipinski definition) is 4. The molecule has 0 radical (unpaired) electrons. The Hall–Kier alpha value is -1.14. The van der Waals surface area contributed by atoms with Crippen LogP contribution in [0.1, 0.15) is 84.0 Å². The summed E-state index contributed by atoms with van der Waals surface area (Å²) in [7, 11) is 0. The molecule has 0 aliphatic carbocycles. The summed E-state index contributed by atoms with van der Waals surface area (Å²) in [6.45, 7) is 6.78. The van der Waals surface area contributed by atoms with Gasteiger partial charge in [-0.1, -0.05) is 71.1 Å². The Morgan fingerprint density at radius 2 is 1.11 bits per heavy atom. The molecule has 4 N–H and O–H groups in total. The summed E-state index contributed by atoms with van der Waals surface area (Å²) in [5.74, 6) is -0.808. The summed E-state index contributed by atoms with van der Waals surface area (Å²) in [4.78, 5) is 24.9. The maximum absolute atomic E-state index is 12.5. The minimum Gasteiger partial charge on any atom is -0.354 e. The zero-order valence-electron chi connectivity index (χ0n) is 18.1. The average molecular weight is 397 g/mol. The standard InChI is InChI=1S/C22H44N4O2/c1-2-3-4-5-6-7-8-9-10-11-13-20-21(27)25-18-16-23-14-12-15-24-17-19-26-22(20)28/h20,23-24H,2-19H2,1H3,(H,25,27)(H,26,28). The van der Waals surface area contributed by atoms with Crippen molar-refractivity contribution in [1.29, 1.82) is 0 Å². The summed E-state index contributed by atoms with van der Waals surface area (Å²) in [5.41, 5.74) is 0. The monoisotopic (exact) mass is 396 g/mol. The van der Waals surface area contributed by atoms with Crippen molar-refractivity contribution in [2.24, 2.45) is 5.92 Å². The number of hydrogen-bond donors (Lipinski definition) is 4. The van der Waals surface area contributed by atoms with Crippen molar-refractivity contribution in [3.8, 4) is 0 Å². The van der Waals surface area contributed by atoms with E-state index < -0.39 is 5.92 Å². The molecule has 0 unspecified atom stereocenters. The van der Waals surface area contributed by atoms with Crippen LogP contribution in [0.2, 0.25) is 0 Å². The SMILES string of the molecule is CCCCCCCCCCCCC1C(=O)NCCNCCCNCCNC1=O. The van der Waals surface area contributed by atoms with Gasteiger partial charge in [-0.15, -0.1) is 0 Å². The molecule has 164 valence electrons. The zero-order valence-corrected chi connectivity index (χ0v) is 18.1. The highest BCUT2D eigenvalue weighted by atomic mass is 16.2. The second kappa shape index (κ2) is 17.9. The van der Waals surface area contributed by atoms with Gasteiger partial charge in [0.15, 0.2) is 0 Å². The van der Waals surface area contributed by atoms with E-state index in [1.165, 1.54) is 51.4 Å². The third-order valence-corrected chi connectivity index (χ3v) is 5.39. The molecule has 0 aromatic rings. The van der Waals surface area contributed by atoms with Gasteiger partial charge in [-0.05, 0) is 25.9 Å². The molecule has 1 saturated heterocycles. The topological polar surface area (TPSA) is 82.3 Å². The average Bonchev–Trinajstić information content (AvgIpc) is 2.69. The van der Waals surface area contributed by atoms with E-state index in [1.54, 1.807) is 0 Å². The molecular formula is C22H44N4O2. The summed E-state index contributed by atoms with van der Waals surface area (Å²) >= 11 is 0. The maximum atomic E-state index is 12.5. The summed E-state index contributed by atoms with van der Waals surface area (Å²) in [6, 6.07) is 0. The van der Waals surface area contributed by atoms with Gasteiger partial charge in [-0.3, -0.25) is 9.59 Å². The Bertz CT molecular complexity index is 380. The molecule has 1 aliphatic heterocycles. The number of nitrogens with one attached hydrogen (secondary N) is 4. The van der Waals surface area contributed by atoms with E-state index in [2.05, 4.69) is 28.2 Å². The number of rotatable bonds is 11. The molecule has 1 rings (SSSR count). The van der Waals surface area contributed by atoms with E-state index >= 15 is 0 Å². The van der Waals surface area contributed by atoms with Crippen molar-refractivity contribution in [3.63, 3.8) is 0 Å². The second-order valence-electron chi connectivity index (χ2n) is 7.96. The van der Waals surface area contributed by atoms with Gasteiger partial charge in [0.05, 0.1) is 0 Å². The highest BCUT2D eigenvalue weighted by Crippen LogP contribution is 2.14. The molecule has 2 amide bonds. The highest BCUT2D eigenvalue weighted by Gasteiger charge is 2.25. The van der Waals surface area contributed by atoms with Crippen LogP contribution in [0.5, 0.6) is 0 Å². The Balaban J connectivity index is 2.24. The number of carbonyl (C=O) groups excluding carboxylic acids is 2. The Morgan fingerprint density at radius 1 is 0.643 bits per heavy atom. The first kappa shape index (κ1) is 24.9. The van der Waals surface area contributed by atoms with E-state index in [0.29, 0.717) is 19.5 Å². The molecule has 0 bridgehead atoms. The second-order valence-corrected chi connectivity index (χ2v) is 7.96. The van der Waals surface area contributed by atoms with Crippen molar-refractivity contribution in [2.75, 3.05) is 39.3 Å². The van der Waals surface area contributed by atoms with Gasteiger partial charge in [0.2, 0.25) is 11.8 Å². The van der Waals surface area contributed by atoms with Crippen LogP contribution >= 0.6 is 0 Å². The van der Waals surface area contributed by atoms with Gasteiger partial charge in [-0.2, -0.15) is 0 Å². The lowest BCUT2D eigenvalue weighted by molar-refractivity contribution is -0.135. The Morgan fingerprint density at radius 3 is 1.61 bits per heavy atom. The summed E-state index contributed by atoms with van der Waals surface area (Å²) < 4.78 is 0. The highest BCUT2D eigenvalue weighted by molar-refractivity contribution is 6.00. The van der Waals surface area contributed by atoms with Crippen LogP contribution in [0, 0.1) is 5.92 Å². The van der Waals surface area contributed by atoms with Crippen LogP contribution in [-0.2, 0) is 9.59 Å². The molecule has 0 aromatic heterocycles. The van der Waals surface area contributed by atoms with E-state index in [1.807, 2.05) is 0 Å². The minimum atomic E-state index is -0.558. The van der Waals surface area contributed by atoms with Gasteiger partial charge in [-0.25, -0.2) is 0 Å². The van der Waals surface area contributed by atoms with Gasteiger partial charge >= 0.3 is 0 Å². The summed E-state index contributed by atoms with van der Waals surface area (Å²) in [6.07, 6.45) is 14.3. The van der Waals surface area contributed by atoms with Crippen LogP contribution in [0.25, 0.3) is 0 Å². The smallest absolute Gasteiger partial charge is 0.232 e. The molecule has 6 nitrogen and oxygen atoms in total. The largest absolute Gasteiger partial charge is 0.354 e. The molecule has 1 fully saturated rings. The number of unbranched alkanes of at least 4 members (excludes halogenated alkanes) is 9. The van der Waals surface area contributed by atoms with Crippen molar-refractivity contribution in [2.45, 2.75) is 84.0 Å². The lowest BCUT2D eigenvalue weighted by atomic mass is 9.98. The zero-order chi connectivity index (χ0) is 20.3. The maximum Gasteiger partial charge on any atom is 0.232 e. The normalized spacial score (nSPS) is 18.3. The van der Waals surface area contributed by atoms with Crippen LogP contribution in [-0.4, -0.2) is 51.1 Å². The molecule has 0 atom stereocenters. The van der Waals surface area contributed by atoms with E-state index in [0.717, 1.165) is 45.4 Å². The summed E-state index contributed by atoms with van der Waals surface area (Å²) in [5, 5.41) is 12.5. The first-order chi connectivity index (χ1) is 13.8. The molecule has 0 aromatic carbocycles. The Kier molecular flexibility index (Phi) is 15.9. The number of carbonyl (C=O) groups is 2. The fourth-order valence-corrected chi connectivity index (χ4v) is 3.60. The molecule has 1 aliphatic rings. The fraction of sp³-hybridized carbons (Fsp3) is 0.909. The van der Waals surface area contributed by atoms with E-state index in [4.69, 9.17) is 0 Å². The molecular weight excluding hydrogens is 352 g/mol. The van der Waals surface area contributed by atoms with Crippen molar-refractivity contribution < 1.29 is 9.59 Å². The van der Waals surface area contributed by atoms with Crippen LogP contribution in [0.3, 0.4) is 0 Å². The molecule has 6 heteroatoms.